The molecule has 0 aromatic carbocycles. The molecule has 0 spiro atoms. The maximum absolute atomic E-state index is 11.1. The van der Waals surface area contributed by atoms with Gasteiger partial charge in [0.05, 0.1) is 5.69 Å². The number of carbonyl (C=O) groups is 1. The van der Waals surface area contributed by atoms with Crippen LogP contribution in [0.15, 0.2) is 4.21 Å². The van der Waals surface area contributed by atoms with Gasteiger partial charge in [0.25, 0.3) is 15.0 Å². The van der Waals surface area contributed by atoms with E-state index < -0.39 is 15.0 Å². The molecule has 16 heavy (non-hydrogen) atoms. The van der Waals surface area contributed by atoms with Crippen molar-refractivity contribution >= 4 is 42.1 Å². The minimum Gasteiger partial charge on any atom is -0.375 e. The van der Waals surface area contributed by atoms with E-state index in [1.807, 2.05) is 0 Å². The fourth-order valence-electron chi connectivity index (χ4n) is 0.949. The highest BCUT2D eigenvalue weighted by Gasteiger charge is 2.19. The van der Waals surface area contributed by atoms with Crippen LogP contribution in [0.1, 0.15) is 5.69 Å². The molecule has 0 bridgehead atoms. The number of hydrogen-bond donors (Lipinski definition) is 1. The number of carbonyl (C=O) groups excluding carboxylic acids is 1. The Morgan fingerprint density at radius 2 is 2.25 bits per heavy atom. The van der Waals surface area contributed by atoms with E-state index in [0.29, 0.717) is 0 Å². The summed E-state index contributed by atoms with van der Waals surface area (Å²) in [6.45, 7) is 1.37. The molecule has 0 unspecified atom stereocenters. The second-order valence-corrected chi connectivity index (χ2v) is 6.57. The smallest absolute Gasteiger partial charge is 0.272 e. The zero-order chi connectivity index (χ0) is 12.3. The highest BCUT2D eigenvalue weighted by Crippen LogP contribution is 2.29. The zero-order valence-electron chi connectivity index (χ0n) is 8.48. The minimum absolute atomic E-state index is 0.0677. The fraction of sp³-hybridized carbons (Fsp3) is 0.429. The first-order valence-electron chi connectivity index (χ1n) is 4.05. The summed E-state index contributed by atoms with van der Waals surface area (Å²) in [7, 11) is 2.74. The van der Waals surface area contributed by atoms with Gasteiger partial charge in [-0.25, -0.2) is 13.4 Å². The van der Waals surface area contributed by atoms with E-state index in [0.717, 1.165) is 11.3 Å². The van der Waals surface area contributed by atoms with Crippen molar-refractivity contribution in [2.24, 2.45) is 0 Å². The van der Waals surface area contributed by atoms with Crippen LogP contribution in [0, 0.1) is 6.92 Å². The SMILES string of the molecule is COCC(=O)Nc1nc(C)c(S(=O)(=O)Cl)s1. The van der Waals surface area contributed by atoms with E-state index in [1.165, 1.54) is 14.0 Å². The van der Waals surface area contributed by atoms with Crippen LogP contribution in [0.5, 0.6) is 0 Å². The van der Waals surface area contributed by atoms with Crippen LogP contribution in [0.2, 0.25) is 0 Å². The third-order valence-corrected chi connectivity index (χ3v) is 4.75. The van der Waals surface area contributed by atoms with Crippen molar-refractivity contribution in [2.45, 2.75) is 11.1 Å². The first-order valence-corrected chi connectivity index (χ1v) is 7.18. The summed E-state index contributed by atoms with van der Waals surface area (Å²) in [5.41, 5.74) is 0.257. The van der Waals surface area contributed by atoms with Gasteiger partial charge < -0.3 is 4.74 Å². The first kappa shape index (κ1) is 13.4. The number of rotatable bonds is 4. The van der Waals surface area contributed by atoms with Crippen molar-refractivity contribution in [3.8, 4) is 0 Å². The molecule has 1 heterocycles. The molecule has 0 aliphatic rings. The number of methoxy groups -OCH3 is 1. The van der Waals surface area contributed by atoms with Crippen LogP contribution in [0.4, 0.5) is 5.13 Å². The fourth-order valence-corrected chi connectivity index (χ4v) is 3.32. The normalized spacial score (nSPS) is 11.4. The molecule has 9 heteroatoms. The van der Waals surface area contributed by atoms with E-state index in [4.69, 9.17) is 10.7 Å². The Bertz CT molecular complexity index is 496. The van der Waals surface area contributed by atoms with Gasteiger partial charge in [0.2, 0.25) is 0 Å². The molecule has 1 amide bonds. The van der Waals surface area contributed by atoms with Gasteiger partial charge >= 0.3 is 0 Å². The van der Waals surface area contributed by atoms with Crippen molar-refractivity contribution < 1.29 is 17.9 Å². The van der Waals surface area contributed by atoms with Gasteiger partial charge in [0.1, 0.15) is 6.61 Å². The molecule has 1 rings (SSSR count). The van der Waals surface area contributed by atoms with Crippen LogP contribution < -0.4 is 5.32 Å². The third-order valence-electron chi connectivity index (χ3n) is 1.50. The van der Waals surface area contributed by atoms with Gasteiger partial charge in [-0.2, -0.15) is 0 Å². The maximum Gasteiger partial charge on any atom is 0.272 e. The van der Waals surface area contributed by atoms with Crippen LogP contribution >= 0.6 is 22.0 Å². The molecule has 0 saturated carbocycles. The number of nitrogens with zero attached hydrogens (tertiary/aromatic N) is 1. The Kier molecular flexibility index (Phi) is 4.25. The monoisotopic (exact) mass is 284 g/mol. The van der Waals surface area contributed by atoms with Crippen LogP contribution in [0.25, 0.3) is 0 Å². The minimum atomic E-state index is -3.82. The van der Waals surface area contributed by atoms with Gasteiger partial charge in [-0.1, -0.05) is 11.3 Å². The number of aryl methyl sites for hydroxylation is 1. The number of halogens is 1. The van der Waals surface area contributed by atoms with Crippen LogP contribution in [-0.2, 0) is 18.6 Å². The molecule has 0 atom stereocenters. The van der Waals surface area contributed by atoms with Crippen molar-refractivity contribution in [2.75, 3.05) is 19.0 Å². The van der Waals surface area contributed by atoms with Crippen molar-refractivity contribution in [3.05, 3.63) is 5.69 Å². The molecule has 1 aromatic heterocycles. The van der Waals surface area contributed by atoms with E-state index in [9.17, 15) is 13.2 Å². The van der Waals surface area contributed by atoms with Gasteiger partial charge in [-0.05, 0) is 6.92 Å². The number of aromatic nitrogens is 1. The number of anilines is 1. The average Bonchev–Trinajstić information content (AvgIpc) is 2.46. The third kappa shape index (κ3) is 3.41. The lowest BCUT2D eigenvalue weighted by Crippen LogP contribution is -2.16. The molecule has 90 valence electrons. The van der Waals surface area contributed by atoms with Gasteiger partial charge in [0.15, 0.2) is 9.34 Å². The average molecular weight is 285 g/mol. The molecule has 6 nitrogen and oxygen atoms in total. The second kappa shape index (κ2) is 5.09. The molecule has 1 aromatic rings. The standard InChI is InChI=1S/C7H9ClN2O4S2/c1-4-6(16(8,12)13)15-7(9-4)10-5(11)3-14-2/h3H2,1-2H3,(H,9,10,11). The lowest BCUT2D eigenvalue weighted by atomic mass is 10.6. The Hall–Kier alpha value is -0.700. The molecule has 0 saturated heterocycles. The quantitative estimate of drug-likeness (QED) is 0.833. The van der Waals surface area contributed by atoms with Crippen molar-refractivity contribution in [1.29, 1.82) is 0 Å². The Balaban J connectivity index is 2.90. The second-order valence-electron chi connectivity index (χ2n) is 2.81. The van der Waals surface area contributed by atoms with Crippen molar-refractivity contribution in [3.63, 3.8) is 0 Å². The lowest BCUT2D eigenvalue weighted by Gasteiger charge is -1.98. The Morgan fingerprint density at radius 1 is 1.62 bits per heavy atom. The summed E-state index contributed by atoms with van der Waals surface area (Å²) in [6.07, 6.45) is 0. The van der Waals surface area contributed by atoms with E-state index in [1.54, 1.807) is 0 Å². The largest absolute Gasteiger partial charge is 0.375 e. The zero-order valence-corrected chi connectivity index (χ0v) is 10.9. The predicted octanol–water partition coefficient (Wildman–Crippen LogP) is 0.964. The van der Waals surface area contributed by atoms with Gasteiger partial charge in [0, 0.05) is 17.8 Å². The highest BCUT2D eigenvalue weighted by molar-refractivity contribution is 8.15. The topological polar surface area (TPSA) is 85.4 Å². The molecule has 1 N–H and O–H groups in total. The summed E-state index contributed by atoms with van der Waals surface area (Å²) < 4.78 is 26.7. The summed E-state index contributed by atoms with van der Waals surface area (Å²) in [5, 5.41) is 2.58. The summed E-state index contributed by atoms with van der Waals surface area (Å²) in [6, 6.07) is 0. The van der Waals surface area contributed by atoms with E-state index in [2.05, 4.69) is 15.0 Å². The maximum atomic E-state index is 11.1. The molecular formula is C7H9ClN2O4S2. The lowest BCUT2D eigenvalue weighted by molar-refractivity contribution is -0.119. The number of amides is 1. The summed E-state index contributed by atoms with van der Waals surface area (Å²) >= 11 is 0.802. The molecular weight excluding hydrogens is 276 g/mol. The molecule has 0 radical (unpaired) electrons. The van der Waals surface area contributed by atoms with E-state index >= 15 is 0 Å². The van der Waals surface area contributed by atoms with Crippen LogP contribution in [-0.4, -0.2) is 33.0 Å². The summed E-state index contributed by atoms with van der Waals surface area (Å²) in [4.78, 5) is 15.0. The highest BCUT2D eigenvalue weighted by atomic mass is 35.7. The molecule has 0 fully saturated rings. The number of hydrogen-bond acceptors (Lipinski definition) is 6. The Labute approximate surface area is 101 Å². The number of ether oxygens (including phenoxy) is 1. The van der Waals surface area contributed by atoms with E-state index in [-0.39, 0.29) is 21.6 Å². The number of thiazole rings is 1. The molecule has 0 aliphatic carbocycles. The molecule has 0 aliphatic heterocycles. The summed E-state index contributed by atoms with van der Waals surface area (Å²) in [5.74, 6) is -0.408. The first-order chi connectivity index (χ1) is 7.34. The Morgan fingerprint density at radius 3 is 2.69 bits per heavy atom. The van der Waals surface area contributed by atoms with Gasteiger partial charge in [-0.3, -0.25) is 10.1 Å². The predicted molar refractivity (Wildman–Crippen MR) is 60.4 cm³/mol. The number of nitrogens with one attached hydrogen (secondary N) is 1. The van der Waals surface area contributed by atoms with Crippen LogP contribution in [0.3, 0.4) is 0 Å². The van der Waals surface area contributed by atoms with Gasteiger partial charge in [-0.15, -0.1) is 0 Å². The van der Waals surface area contributed by atoms with Crippen molar-refractivity contribution in [1.82, 2.24) is 4.98 Å².